The van der Waals surface area contributed by atoms with Crippen LogP contribution in [0.25, 0.3) is 0 Å². The molecule has 2 heterocycles. The highest BCUT2D eigenvalue weighted by Gasteiger charge is 2.13. The van der Waals surface area contributed by atoms with Crippen LogP contribution in [-0.2, 0) is 6.54 Å². The third-order valence-corrected chi connectivity index (χ3v) is 3.42. The van der Waals surface area contributed by atoms with Gasteiger partial charge in [-0.1, -0.05) is 17.7 Å². The number of aromatic nitrogens is 2. The second kappa shape index (κ2) is 5.17. The van der Waals surface area contributed by atoms with Crippen LogP contribution in [0.3, 0.4) is 0 Å². The third-order valence-electron chi connectivity index (χ3n) is 3.16. The number of nitrogens with zero attached hydrogens (tertiary/aromatic N) is 2. The molecule has 0 radical (unpaired) electrons. The third kappa shape index (κ3) is 2.49. The fraction of sp³-hybridized carbons (Fsp3) is 0.286. The minimum Gasteiger partial charge on any atom is -0.454 e. The van der Waals surface area contributed by atoms with Gasteiger partial charge in [0.25, 0.3) is 0 Å². The molecule has 1 N–H and O–H groups in total. The Morgan fingerprint density at radius 3 is 2.75 bits per heavy atom. The van der Waals surface area contributed by atoms with E-state index in [-0.39, 0.29) is 6.79 Å². The summed E-state index contributed by atoms with van der Waals surface area (Å²) in [6.45, 7) is 4.66. The zero-order chi connectivity index (χ0) is 14.1. The van der Waals surface area contributed by atoms with Crippen molar-refractivity contribution >= 4 is 17.4 Å². The molecule has 0 fully saturated rings. The van der Waals surface area contributed by atoms with Crippen molar-refractivity contribution in [3.05, 3.63) is 40.3 Å². The van der Waals surface area contributed by atoms with Crippen molar-refractivity contribution in [1.29, 1.82) is 0 Å². The van der Waals surface area contributed by atoms with Gasteiger partial charge in [0.15, 0.2) is 22.5 Å². The molecule has 104 valence electrons. The molecule has 1 aliphatic heterocycles. The van der Waals surface area contributed by atoms with E-state index in [1.54, 1.807) is 0 Å². The number of rotatable bonds is 3. The summed E-state index contributed by atoms with van der Waals surface area (Å²) in [5.41, 5.74) is 2.76. The van der Waals surface area contributed by atoms with Crippen LogP contribution in [0.4, 0.5) is 5.82 Å². The van der Waals surface area contributed by atoms with Gasteiger partial charge in [-0.05, 0) is 31.5 Å². The summed E-state index contributed by atoms with van der Waals surface area (Å²) >= 11 is 6.08. The topological polar surface area (TPSA) is 56.3 Å². The molecule has 0 spiro atoms. The molecule has 0 bridgehead atoms. The van der Waals surface area contributed by atoms with Crippen molar-refractivity contribution in [1.82, 2.24) is 9.97 Å². The molecule has 1 aliphatic rings. The Bertz CT molecular complexity index is 661. The number of halogens is 1. The summed E-state index contributed by atoms with van der Waals surface area (Å²) in [6, 6.07) is 5.81. The Labute approximate surface area is 121 Å². The fourth-order valence-electron chi connectivity index (χ4n) is 1.92. The highest BCUT2D eigenvalue weighted by Crippen LogP contribution is 2.32. The van der Waals surface area contributed by atoms with Crippen molar-refractivity contribution in [3.63, 3.8) is 0 Å². The Morgan fingerprint density at radius 1 is 1.15 bits per heavy atom. The Kier molecular flexibility index (Phi) is 3.36. The van der Waals surface area contributed by atoms with Gasteiger partial charge in [-0.3, -0.25) is 0 Å². The van der Waals surface area contributed by atoms with Gasteiger partial charge >= 0.3 is 0 Å². The van der Waals surface area contributed by atoms with E-state index in [9.17, 15) is 0 Å². The van der Waals surface area contributed by atoms with Crippen molar-refractivity contribution in [2.45, 2.75) is 20.4 Å². The number of aryl methyl sites for hydroxylation is 2. The van der Waals surface area contributed by atoms with Gasteiger partial charge in [0.2, 0.25) is 6.79 Å². The lowest BCUT2D eigenvalue weighted by atomic mass is 10.2. The summed E-state index contributed by atoms with van der Waals surface area (Å²) in [4.78, 5) is 8.64. The molecule has 1 aromatic carbocycles. The zero-order valence-electron chi connectivity index (χ0n) is 11.2. The van der Waals surface area contributed by atoms with Gasteiger partial charge < -0.3 is 14.8 Å². The lowest BCUT2D eigenvalue weighted by Gasteiger charge is -2.09. The molecular formula is C14H14ClN3O2. The van der Waals surface area contributed by atoms with Crippen molar-refractivity contribution in [2.75, 3.05) is 12.1 Å². The number of hydrogen-bond acceptors (Lipinski definition) is 5. The maximum absolute atomic E-state index is 6.08. The molecule has 0 saturated carbocycles. The summed E-state index contributed by atoms with van der Waals surface area (Å²) in [5.74, 6) is 2.13. The number of fused-ring (bicyclic) bond motifs is 1. The van der Waals surface area contributed by atoms with Crippen LogP contribution in [0, 0.1) is 13.8 Å². The van der Waals surface area contributed by atoms with Crippen LogP contribution < -0.4 is 14.8 Å². The first-order valence-corrected chi connectivity index (χ1v) is 6.64. The summed E-state index contributed by atoms with van der Waals surface area (Å²) < 4.78 is 10.6. The first kappa shape index (κ1) is 13.0. The normalized spacial score (nSPS) is 12.6. The van der Waals surface area contributed by atoms with Gasteiger partial charge in [-0.2, -0.15) is 0 Å². The lowest BCUT2D eigenvalue weighted by molar-refractivity contribution is 0.174. The Balaban J connectivity index is 1.75. The second-order valence-electron chi connectivity index (χ2n) is 4.58. The van der Waals surface area contributed by atoms with Crippen molar-refractivity contribution < 1.29 is 9.47 Å². The predicted molar refractivity (Wildman–Crippen MR) is 76.4 cm³/mol. The van der Waals surface area contributed by atoms with E-state index in [1.807, 2.05) is 32.0 Å². The van der Waals surface area contributed by atoms with Gasteiger partial charge in [0.05, 0.1) is 11.4 Å². The van der Waals surface area contributed by atoms with Crippen molar-refractivity contribution in [2.24, 2.45) is 0 Å². The van der Waals surface area contributed by atoms with Crippen LogP contribution in [0.2, 0.25) is 5.15 Å². The molecule has 0 atom stereocenters. The van der Waals surface area contributed by atoms with E-state index in [0.717, 1.165) is 28.5 Å². The summed E-state index contributed by atoms with van der Waals surface area (Å²) in [7, 11) is 0. The van der Waals surface area contributed by atoms with Crippen LogP contribution in [0.15, 0.2) is 18.2 Å². The second-order valence-corrected chi connectivity index (χ2v) is 4.93. The minimum atomic E-state index is 0.278. The average Bonchev–Trinajstić information content (AvgIpc) is 2.89. The molecule has 20 heavy (non-hydrogen) atoms. The Morgan fingerprint density at radius 2 is 1.90 bits per heavy atom. The maximum atomic E-state index is 6.08. The van der Waals surface area contributed by atoms with E-state index < -0.39 is 0 Å². The minimum absolute atomic E-state index is 0.278. The highest BCUT2D eigenvalue weighted by atomic mass is 35.5. The highest BCUT2D eigenvalue weighted by molar-refractivity contribution is 6.31. The van der Waals surface area contributed by atoms with Crippen LogP contribution in [0.1, 0.15) is 17.0 Å². The lowest BCUT2D eigenvalue weighted by Crippen LogP contribution is -2.05. The fourth-order valence-corrected chi connectivity index (χ4v) is 2.16. The monoisotopic (exact) mass is 291 g/mol. The number of hydrogen-bond donors (Lipinski definition) is 1. The molecule has 6 heteroatoms. The van der Waals surface area contributed by atoms with Gasteiger partial charge in [-0.25, -0.2) is 9.97 Å². The first-order valence-electron chi connectivity index (χ1n) is 6.26. The summed E-state index contributed by atoms with van der Waals surface area (Å²) in [6.07, 6.45) is 0. The van der Waals surface area contributed by atoms with Gasteiger partial charge in [0.1, 0.15) is 0 Å². The van der Waals surface area contributed by atoms with Crippen LogP contribution >= 0.6 is 11.6 Å². The smallest absolute Gasteiger partial charge is 0.231 e. The molecule has 1 aromatic heterocycles. The maximum Gasteiger partial charge on any atom is 0.231 e. The number of benzene rings is 1. The SMILES string of the molecule is Cc1nc(Cl)c(NCc2ccc3c(c2)OCO3)nc1C. The quantitative estimate of drug-likeness (QED) is 0.942. The summed E-state index contributed by atoms with van der Waals surface area (Å²) in [5, 5.41) is 3.57. The molecule has 3 rings (SSSR count). The van der Waals surface area contributed by atoms with Crippen LogP contribution in [0.5, 0.6) is 11.5 Å². The number of anilines is 1. The molecular weight excluding hydrogens is 278 g/mol. The molecule has 0 saturated heterocycles. The van der Waals surface area contributed by atoms with E-state index in [1.165, 1.54) is 0 Å². The van der Waals surface area contributed by atoms with E-state index in [0.29, 0.717) is 17.5 Å². The van der Waals surface area contributed by atoms with E-state index in [2.05, 4.69) is 15.3 Å². The van der Waals surface area contributed by atoms with Crippen molar-refractivity contribution in [3.8, 4) is 11.5 Å². The standard InChI is InChI=1S/C14H14ClN3O2/c1-8-9(2)18-14(13(15)17-8)16-6-10-3-4-11-12(5-10)20-7-19-11/h3-5H,6-7H2,1-2H3,(H,16,18). The van der Waals surface area contributed by atoms with E-state index in [4.69, 9.17) is 21.1 Å². The van der Waals surface area contributed by atoms with E-state index >= 15 is 0 Å². The van der Waals surface area contributed by atoms with Gasteiger partial charge in [0, 0.05) is 6.54 Å². The number of nitrogens with one attached hydrogen (secondary N) is 1. The largest absolute Gasteiger partial charge is 0.454 e. The molecule has 5 nitrogen and oxygen atoms in total. The molecule has 0 unspecified atom stereocenters. The molecule has 0 aliphatic carbocycles. The van der Waals surface area contributed by atoms with Gasteiger partial charge in [-0.15, -0.1) is 0 Å². The van der Waals surface area contributed by atoms with Crippen LogP contribution in [-0.4, -0.2) is 16.8 Å². The average molecular weight is 292 g/mol. The first-order chi connectivity index (χ1) is 9.63. The molecule has 0 amide bonds. The zero-order valence-corrected chi connectivity index (χ0v) is 12.0. The number of ether oxygens (including phenoxy) is 2. The Hall–Kier alpha value is -2.01. The predicted octanol–water partition coefficient (Wildman–Crippen LogP) is 3.09. The molecule has 2 aromatic rings.